The fourth-order valence-electron chi connectivity index (χ4n) is 3.54. The van der Waals surface area contributed by atoms with Gasteiger partial charge in [0, 0.05) is 51.7 Å². The molecule has 9 nitrogen and oxygen atoms in total. The minimum absolute atomic E-state index is 0.0777. The van der Waals surface area contributed by atoms with Crippen LogP contribution in [0, 0.1) is 0 Å². The number of aryl methyl sites for hydroxylation is 1. The van der Waals surface area contributed by atoms with Crippen molar-refractivity contribution in [2.75, 3.05) is 39.8 Å². The molecule has 1 fully saturated rings. The molecule has 0 saturated carbocycles. The van der Waals surface area contributed by atoms with Gasteiger partial charge in [-0.15, -0.1) is 11.3 Å². The van der Waals surface area contributed by atoms with Crippen LogP contribution in [0.5, 0.6) is 0 Å². The Balaban J connectivity index is 1.40. The molecule has 0 bridgehead atoms. The van der Waals surface area contributed by atoms with Crippen molar-refractivity contribution in [1.82, 2.24) is 34.4 Å². The van der Waals surface area contributed by atoms with E-state index in [0.29, 0.717) is 25.3 Å². The summed E-state index contributed by atoms with van der Waals surface area (Å²) in [6.45, 7) is 4.53. The molecule has 0 radical (unpaired) electrons. The lowest BCUT2D eigenvalue weighted by atomic mass is 10.2. The number of imidazole rings is 1. The number of amides is 2. The number of hydrogen-bond acceptors (Lipinski definition) is 6. The number of likely N-dealkylation sites (N-methyl/N-ethyl adjacent to an activating group) is 1. The zero-order valence-electron chi connectivity index (χ0n) is 17.6. The van der Waals surface area contributed by atoms with Crippen molar-refractivity contribution < 1.29 is 9.59 Å². The second kappa shape index (κ2) is 9.88. The molecule has 1 aliphatic heterocycles. The zero-order chi connectivity index (χ0) is 21.6. The van der Waals surface area contributed by atoms with Gasteiger partial charge in [-0.25, -0.2) is 4.98 Å². The Morgan fingerprint density at radius 2 is 2.06 bits per heavy atom. The summed E-state index contributed by atoms with van der Waals surface area (Å²) in [4.78, 5) is 34.5. The van der Waals surface area contributed by atoms with Gasteiger partial charge in [-0.2, -0.15) is 5.10 Å². The van der Waals surface area contributed by atoms with Crippen LogP contribution in [0.4, 0.5) is 0 Å². The molecule has 164 valence electrons. The normalized spacial score (nSPS) is 14.7. The summed E-state index contributed by atoms with van der Waals surface area (Å²) in [5.41, 5.74) is 1.18. The zero-order valence-corrected chi connectivity index (χ0v) is 18.4. The van der Waals surface area contributed by atoms with Crippen LogP contribution in [-0.2, 0) is 17.9 Å². The Bertz CT molecular complexity index is 989. The number of hydrogen-bond donors (Lipinski definition) is 1. The van der Waals surface area contributed by atoms with Crippen LogP contribution in [0.15, 0.2) is 42.3 Å². The number of carbonyl (C=O) groups is 2. The van der Waals surface area contributed by atoms with Crippen LogP contribution >= 0.6 is 11.3 Å². The number of nitrogens with zero attached hydrogens (tertiary/aromatic N) is 6. The maximum atomic E-state index is 13.0. The molecule has 0 spiro atoms. The Morgan fingerprint density at radius 1 is 1.23 bits per heavy atom. The van der Waals surface area contributed by atoms with Crippen molar-refractivity contribution in [3.8, 4) is 10.6 Å². The molecular weight excluding hydrogens is 414 g/mol. The van der Waals surface area contributed by atoms with Crippen LogP contribution < -0.4 is 5.32 Å². The van der Waals surface area contributed by atoms with Gasteiger partial charge in [0.05, 0.1) is 16.9 Å². The van der Waals surface area contributed by atoms with Crippen molar-refractivity contribution in [1.29, 1.82) is 0 Å². The van der Waals surface area contributed by atoms with E-state index in [9.17, 15) is 9.59 Å². The van der Waals surface area contributed by atoms with Crippen LogP contribution in [0.2, 0.25) is 0 Å². The summed E-state index contributed by atoms with van der Waals surface area (Å²) in [5.74, 6) is -0.199. The molecule has 4 rings (SSSR count). The number of thiophene rings is 1. The molecule has 2 amide bonds. The van der Waals surface area contributed by atoms with E-state index in [1.54, 1.807) is 34.6 Å². The highest BCUT2D eigenvalue weighted by atomic mass is 32.1. The van der Waals surface area contributed by atoms with Crippen molar-refractivity contribution in [2.45, 2.75) is 19.5 Å². The van der Waals surface area contributed by atoms with E-state index in [0.717, 1.165) is 36.6 Å². The lowest BCUT2D eigenvalue weighted by Gasteiger charge is -2.31. The summed E-state index contributed by atoms with van der Waals surface area (Å²) in [6.07, 6.45) is 6.21. The van der Waals surface area contributed by atoms with Crippen molar-refractivity contribution >= 4 is 23.2 Å². The van der Waals surface area contributed by atoms with Gasteiger partial charge >= 0.3 is 0 Å². The van der Waals surface area contributed by atoms with Crippen LogP contribution in [-0.4, -0.2) is 80.7 Å². The number of piperazine rings is 1. The fourth-order valence-corrected chi connectivity index (χ4v) is 4.28. The van der Waals surface area contributed by atoms with Gasteiger partial charge in [0.1, 0.15) is 6.54 Å². The lowest BCUT2D eigenvalue weighted by Crippen LogP contribution is -2.47. The van der Waals surface area contributed by atoms with E-state index in [1.807, 2.05) is 33.2 Å². The first-order valence-electron chi connectivity index (χ1n) is 10.4. The molecule has 1 N–H and O–H groups in total. The summed E-state index contributed by atoms with van der Waals surface area (Å²) >= 11 is 1.57. The topological polar surface area (TPSA) is 88.3 Å². The second-order valence-corrected chi connectivity index (χ2v) is 8.60. The van der Waals surface area contributed by atoms with Crippen LogP contribution in [0.1, 0.15) is 16.9 Å². The molecule has 3 aromatic rings. The van der Waals surface area contributed by atoms with Gasteiger partial charge in [-0.3, -0.25) is 14.3 Å². The first kappa shape index (κ1) is 21.3. The maximum Gasteiger partial charge on any atom is 0.274 e. The monoisotopic (exact) mass is 441 g/mol. The molecular formula is C21H27N7O2S. The number of aromatic nitrogens is 4. The van der Waals surface area contributed by atoms with E-state index in [-0.39, 0.29) is 18.4 Å². The predicted molar refractivity (Wildman–Crippen MR) is 119 cm³/mol. The largest absolute Gasteiger partial charge is 0.354 e. The lowest BCUT2D eigenvalue weighted by molar-refractivity contribution is -0.121. The third-order valence-corrected chi connectivity index (χ3v) is 6.22. The molecule has 1 aliphatic rings. The molecule has 0 unspecified atom stereocenters. The van der Waals surface area contributed by atoms with Gasteiger partial charge in [-0.05, 0) is 31.0 Å². The first-order valence-corrected chi connectivity index (χ1v) is 11.3. The number of rotatable bonds is 8. The van der Waals surface area contributed by atoms with Gasteiger partial charge in [-0.1, -0.05) is 6.07 Å². The highest BCUT2D eigenvalue weighted by Crippen LogP contribution is 2.26. The standard InChI is InChI=1S/C21H27N7O2S/c1-25-9-11-27(12-10-25)21(30)17-14-18(19-4-2-13-31-19)28(24-17)15-20(29)23-5-3-7-26-8-6-22-16-26/h2,4,6,8,13-14,16H,3,5,7,9-12,15H2,1H3,(H,23,29). The molecule has 4 heterocycles. The van der Waals surface area contributed by atoms with E-state index in [1.165, 1.54) is 0 Å². The van der Waals surface area contributed by atoms with E-state index < -0.39 is 0 Å². The first-order chi connectivity index (χ1) is 15.1. The SMILES string of the molecule is CN1CCN(C(=O)c2cc(-c3cccs3)n(CC(=O)NCCCn3ccnc3)n2)CC1. The fraction of sp³-hybridized carbons (Fsp3) is 0.429. The highest BCUT2D eigenvalue weighted by Gasteiger charge is 2.24. The maximum absolute atomic E-state index is 13.0. The minimum atomic E-state index is -0.120. The molecule has 0 atom stereocenters. The molecule has 31 heavy (non-hydrogen) atoms. The molecule has 10 heteroatoms. The predicted octanol–water partition coefficient (Wildman–Crippen LogP) is 1.40. The summed E-state index contributed by atoms with van der Waals surface area (Å²) in [6, 6.07) is 5.74. The number of carbonyl (C=O) groups excluding carboxylic acids is 2. The third-order valence-electron chi connectivity index (χ3n) is 5.33. The highest BCUT2D eigenvalue weighted by molar-refractivity contribution is 7.13. The van der Waals surface area contributed by atoms with E-state index in [2.05, 4.69) is 27.3 Å². The van der Waals surface area contributed by atoms with Gasteiger partial charge in [0.25, 0.3) is 5.91 Å². The van der Waals surface area contributed by atoms with Crippen molar-refractivity contribution in [3.05, 3.63) is 48.0 Å². The van der Waals surface area contributed by atoms with Gasteiger partial charge in [0.15, 0.2) is 5.69 Å². The van der Waals surface area contributed by atoms with Gasteiger partial charge in [0.2, 0.25) is 5.91 Å². The average Bonchev–Trinajstić information content (AvgIpc) is 3.53. The molecule has 3 aromatic heterocycles. The Hall–Kier alpha value is -2.98. The Morgan fingerprint density at radius 3 is 2.77 bits per heavy atom. The van der Waals surface area contributed by atoms with E-state index >= 15 is 0 Å². The third kappa shape index (κ3) is 5.39. The smallest absolute Gasteiger partial charge is 0.274 e. The summed E-state index contributed by atoms with van der Waals surface area (Å²) < 4.78 is 3.62. The summed E-state index contributed by atoms with van der Waals surface area (Å²) in [5, 5.41) is 9.43. The summed E-state index contributed by atoms with van der Waals surface area (Å²) in [7, 11) is 2.06. The van der Waals surface area contributed by atoms with Crippen LogP contribution in [0.25, 0.3) is 10.6 Å². The van der Waals surface area contributed by atoms with Crippen molar-refractivity contribution in [2.24, 2.45) is 0 Å². The van der Waals surface area contributed by atoms with E-state index in [4.69, 9.17) is 0 Å². The van der Waals surface area contributed by atoms with Gasteiger partial charge < -0.3 is 19.7 Å². The molecule has 0 aliphatic carbocycles. The Kier molecular flexibility index (Phi) is 6.78. The quantitative estimate of drug-likeness (QED) is 0.534. The van der Waals surface area contributed by atoms with Crippen molar-refractivity contribution in [3.63, 3.8) is 0 Å². The second-order valence-electron chi connectivity index (χ2n) is 7.65. The number of nitrogens with one attached hydrogen (secondary N) is 1. The minimum Gasteiger partial charge on any atom is -0.354 e. The van der Waals surface area contributed by atoms with Crippen LogP contribution in [0.3, 0.4) is 0 Å². The average molecular weight is 442 g/mol. The Labute approximate surface area is 185 Å². The molecule has 1 saturated heterocycles. The molecule has 0 aromatic carbocycles.